The van der Waals surface area contributed by atoms with Gasteiger partial charge in [-0.2, -0.15) is 0 Å². The van der Waals surface area contributed by atoms with Gasteiger partial charge >= 0.3 is 81.7 Å². The van der Waals surface area contributed by atoms with Gasteiger partial charge in [0.15, 0.2) is 0 Å². The standard InChI is InChI=1S/2Nd.3H2O4S.H2O/c;;3*1-5(2,3)4;/h;;3*(H2,1,2,3,4);1H2/q2*+3;;;;/p-6. The van der Waals surface area contributed by atoms with E-state index in [0.717, 1.165) is 0 Å². The van der Waals surface area contributed by atoms with Crippen LogP contribution in [0.3, 0.4) is 0 Å². The van der Waals surface area contributed by atoms with Crippen LogP contribution in [0.5, 0.6) is 0 Å². The van der Waals surface area contributed by atoms with Crippen LogP contribution in [0.2, 0.25) is 0 Å². The molecule has 0 saturated heterocycles. The first kappa shape index (κ1) is 37.0. The van der Waals surface area contributed by atoms with E-state index in [2.05, 4.69) is 0 Å². The smallest absolute Gasteiger partial charge is 0.759 e. The van der Waals surface area contributed by atoms with E-state index in [1.54, 1.807) is 0 Å². The molecule has 106 valence electrons. The Morgan fingerprint density at radius 3 is 0.444 bits per heavy atom. The van der Waals surface area contributed by atoms with Gasteiger partial charge in [0.2, 0.25) is 0 Å². The van der Waals surface area contributed by atoms with E-state index < -0.39 is 31.2 Å². The summed E-state index contributed by atoms with van der Waals surface area (Å²) in [7, 11) is -15.5. The molecule has 0 saturated carbocycles. The number of hydrogen-bond donors (Lipinski definition) is 0. The third-order valence-corrected chi connectivity index (χ3v) is 0. The summed E-state index contributed by atoms with van der Waals surface area (Å²) in [6.45, 7) is 0. The normalized spacial score (nSPS) is 9.67. The van der Waals surface area contributed by atoms with Gasteiger partial charge in [-0.1, -0.05) is 0 Å². The first-order valence-corrected chi connectivity index (χ1v) is 6.00. The van der Waals surface area contributed by atoms with Crippen LogP contribution in [0.15, 0.2) is 0 Å². The summed E-state index contributed by atoms with van der Waals surface area (Å²) in [5, 5.41) is 0. The molecule has 18 heavy (non-hydrogen) atoms. The van der Waals surface area contributed by atoms with Gasteiger partial charge in [-0.15, -0.1) is 0 Å². The molecular weight excluding hydrogens is 593 g/mol. The Morgan fingerprint density at radius 2 is 0.444 bits per heavy atom. The van der Waals surface area contributed by atoms with Crippen LogP contribution >= 0.6 is 0 Å². The van der Waals surface area contributed by atoms with Gasteiger partial charge in [-0.25, -0.2) is 0 Å². The molecule has 13 nitrogen and oxygen atoms in total. The number of rotatable bonds is 0. The second kappa shape index (κ2) is 15.7. The van der Waals surface area contributed by atoms with Gasteiger partial charge in [-0.3, -0.25) is 25.3 Å². The molecular formula is H2Nd2O13S3. The summed E-state index contributed by atoms with van der Waals surface area (Å²) < 4.78 is 102. The summed E-state index contributed by atoms with van der Waals surface area (Å²) in [5.41, 5.74) is 0. The molecule has 2 radical (unpaired) electrons. The van der Waals surface area contributed by atoms with Crippen molar-refractivity contribution in [1.82, 2.24) is 0 Å². The Hall–Kier alpha value is 2.27. The van der Waals surface area contributed by atoms with Crippen molar-refractivity contribution >= 4 is 31.2 Å². The third kappa shape index (κ3) is 1060. The maximum Gasteiger partial charge on any atom is 3.00 e. The second-order valence-electron chi connectivity index (χ2n) is 1.22. The van der Waals surface area contributed by atoms with Crippen molar-refractivity contribution in [3.8, 4) is 0 Å². The van der Waals surface area contributed by atoms with E-state index in [1.165, 1.54) is 0 Å². The molecule has 0 aromatic heterocycles. The zero-order chi connectivity index (χ0) is 13.5. The van der Waals surface area contributed by atoms with Crippen LogP contribution in [0.4, 0.5) is 0 Å². The molecule has 0 unspecified atom stereocenters. The van der Waals surface area contributed by atoms with Crippen molar-refractivity contribution < 1.29 is 140 Å². The molecule has 2 N–H and O–H groups in total. The largest absolute Gasteiger partial charge is 3.00 e. The molecule has 0 aliphatic rings. The minimum Gasteiger partial charge on any atom is -0.759 e. The number of hydrogen-bond acceptors (Lipinski definition) is 12. The van der Waals surface area contributed by atoms with Crippen molar-refractivity contribution in [2.24, 2.45) is 0 Å². The minimum absolute atomic E-state index is 0. The Labute approximate surface area is 168 Å². The molecule has 0 amide bonds. The fourth-order valence-corrected chi connectivity index (χ4v) is 0. The van der Waals surface area contributed by atoms with E-state index in [9.17, 15) is 0 Å². The Kier molecular flexibility index (Phi) is 32.2. The van der Waals surface area contributed by atoms with Crippen LogP contribution in [0, 0.1) is 81.7 Å². The van der Waals surface area contributed by atoms with Crippen LogP contribution < -0.4 is 0 Å². The van der Waals surface area contributed by atoms with Gasteiger partial charge in [0.05, 0.1) is 0 Å². The SMILES string of the molecule is O.O=S(=O)([O-])[O-].O=S(=O)([O-])[O-].O=S(=O)([O-])[O-].[Nd+3].[Nd+3]. The van der Waals surface area contributed by atoms with Crippen molar-refractivity contribution in [3.63, 3.8) is 0 Å². The van der Waals surface area contributed by atoms with Gasteiger partial charge < -0.3 is 32.8 Å². The monoisotopic (exact) mass is 590 g/mol. The average molecular weight is 595 g/mol. The van der Waals surface area contributed by atoms with Crippen molar-refractivity contribution in [1.29, 1.82) is 0 Å². The van der Waals surface area contributed by atoms with Gasteiger partial charge in [0.25, 0.3) is 0 Å². The zero-order valence-electron chi connectivity index (χ0n) is 7.62. The van der Waals surface area contributed by atoms with Gasteiger partial charge in [0.1, 0.15) is 0 Å². The van der Waals surface area contributed by atoms with E-state index in [1.807, 2.05) is 0 Å². The third-order valence-electron chi connectivity index (χ3n) is 0. The second-order valence-corrected chi connectivity index (χ2v) is 3.67. The van der Waals surface area contributed by atoms with Gasteiger partial charge in [0, 0.05) is 31.2 Å². The van der Waals surface area contributed by atoms with Gasteiger partial charge in [-0.05, 0) is 0 Å². The molecule has 0 spiro atoms. The van der Waals surface area contributed by atoms with Crippen molar-refractivity contribution in [2.45, 2.75) is 0 Å². The van der Waals surface area contributed by atoms with E-state index in [0.29, 0.717) is 0 Å². The molecule has 0 aliphatic carbocycles. The van der Waals surface area contributed by atoms with E-state index in [-0.39, 0.29) is 87.2 Å². The molecule has 18 heteroatoms. The van der Waals surface area contributed by atoms with Crippen molar-refractivity contribution in [2.75, 3.05) is 0 Å². The van der Waals surface area contributed by atoms with Crippen LogP contribution in [0.1, 0.15) is 0 Å². The summed E-state index contributed by atoms with van der Waals surface area (Å²) in [6.07, 6.45) is 0. The topological polar surface area (TPSA) is 272 Å². The van der Waals surface area contributed by atoms with Crippen molar-refractivity contribution in [3.05, 3.63) is 0 Å². The summed E-state index contributed by atoms with van der Waals surface area (Å²) in [6, 6.07) is 0. The van der Waals surface area contributed by atoms with E-state index in [4.69, 9.17) is 52.6 Å². The van der Waals surface area contributed by atoms with Crippen LogP contribution in [0.25, 0.3) is 0 Å². The Balaban J connectivity index is -0.0000000277. The zero-order valence-corrected chi connectivity index (χ0v) is 16.5. The fraction of sp³-hybridized carbons (Fsp3) is 0. The first-order valence-electron chi connectivity index (χ1n) is 2.00. The van der Waals surface area contributed by atoms with E-state index >= 15 is 0 Å². The maximum atomic E-state index is 8.52. The average Bonchev–Trinajstić information content (AvgIpc) is 1.41. The first-order chi connectivity index (χ1) is 6.00. The Morgan fingerprint density at radius 1 is 0.444 bits per heavy atom. The summed E-state index contributed by atoms with van der Waals surface area (Å²) >= 11 is 0. The van der Waals surface area contributed by atoms with Crippen LogP contribution in [-0.2, 0) is 31.2 Å². The molecule has 0 aliphatic heterocycles. The molecule has 0 heterocycles. The minimum atomic E-state index is -5.17. The maximum absolute atomic E-state index is 8.52. The molecule has 0 bridgehead atoms. The molecule has 0 rings (SSSR count). The fourth-order valence-electron chi connectivity index (χ4n) is 0. The molecule has 0 aromatic rings. The predicted octanol–water partition coefficient (Wildman–Crippen LogP) is -4.84. The summed E-state index contributed by atoms with van der Waals surface area (Å²) in [4.78, 5) is 0. The molecule has 0 fully saturated rings. The molecule has 0 atom stereocenters. The summed E-state index contributed by atoms with van der Waals surface area (Å²) in [5.74, 6) is 0. The quantitative estimate of drug-likeness (QED) is 0.189. The molecule has 0 aromatic carbocycles. The van der Waals surface area contributed by atoms with Crippen LogP contribution in [-0.4, -0.2) is 58.0 Å². The predicted molar refractivity (Wildman–Crippen MR) is 35.0 cm³/mol. The Bertz CT molecular complexity index is 341.